The number of nitrogens with one attached hydrogen (secondary N) is 1. The van der Waals surface area contributed by atoms with Crippen LogP contribution in [-0.4, -0.2) is 67.4 Å². The minimum Gasteiger partial charge on any atom is -0.481 e. The maximum Gasteiger partial charge on any atom is 0.407 e. The summed E-state index contributed by atoms with van der Waals surface area (Å²) in [6.45, 7) is 4.62. The first-order chi connectivity index (χ1) is 16.7. The number of carboxylic acid groups (broad SMARTS) is 1. The molecule has 1 saturated heterocycles. The van der Waals surface area contributed by atoms with Gasteiger partial charge in [0.05, 0.1) is 6.10 Å². The first-order valence-corrected chi connectivity index (χ1v) is 11.8. The molecule has 0 bridgehead atoms. The lowest BCUT2D eigenvalue weighted by atomic mass is 9.88. The van der Waals surface area contributed by atoms with E-state index in [1.54, 1.807) is 0 Å². The fourth-order valence-electron chi connectivity index (χ4n) is 5.00. The number of alkyl carbamates (subject to hydrolysis) is 1. The lowest BCUT2D eigenvalue weighted by Gasteiger charge is -2.27. The lowest BCUT2D eigenvalue weighted by Crippen LogP contribution is -2.39. The standard InChI is InChI=1S/C27H32N2O6/c1-27(2,12-24(30)29-13-21(25(31)32)23(14-29)34-3)16-28-26(33)35-15-22-19-10-6-4-8-17(19)18-9-5-7-11-20(18)22/h4-11,21-23H,12-16H2,1-3H3,(H,28,33)(H,31,32). The Balaban J connectivity index is 1.29. The molecule has 8 nitrogen and oxygen atoms in total. The van der Waals surface area contributed by atoms with Gasteiger partial charge in [0.2, 0.25) is 5.91 Å². The van der Waals surface area contributed by atoms with E-state index in [-0.39, 0.29) is 44.5 Å². The van der Waals surface area contributed by atoms with E-state index in [2.05, 4.69) is 29.6 Å². The normalized spacial score (nSPS) is 19.2. The number of nitrogens with zero attached hydrogens (tertiary/aromatic N) is 1. The summed E-state index contributed by atoms with van der Waals surface area (Å²) in [7, 11) is 1.46. The van der Waals surface area contributed by atoms with E-state index >= 15 is 0 Å². The van der Waals surface area contributed by atoms with Crippen LogP contribution in [0.1, 0.15) is 37.3 Å². The zero-order valence-electron chi connectivity index (χ0n) is 20.3. The molecule has 35 heavy (non-hydrogen) atoms. The topological polar surface area (TPSA) is 105 Å². The van der Waals surface area contributed by atoms with Crippen LogP contribution >= 0.6 is 0 Å². The predicted molar refractivity (Wildman–Crippen MR) is 130 cm³/mol. The van der Waals surface area contributed by atoms with Crippen molar-refractivity contribution < 1.29 is 29.0 Å². The maximum absolute atomic E-state index is 12.8. The third kappa shape index (κ3) is 5.32. The summed E-state index contributed by atoms with van der Waals surface area (Å²) in [5.74, 6) is -1.88. The second kappa shape index (κ2) is 10.1. The van der Waals surface area contributed by atoms with Crippen LogP contribution in [0.5, 0.6) is 0 Å². The highest BCUT2D eigenvalue weighted by Crippen LogP contribution is 2.44. The van der Waals surface area contributed by atoms with Crippen LogP contribution in [0.3, 0.4) is 0 Å². The highest BCUT2D eigenvalue weighted by Gasteiger charge is 2.41. The van der Waals surface area contributed by atoms with Crippen LogP contribution in [0.4, 0.5) is 4.79 Å². The highest BCUT2D eigenvalue weighted by atomic mass is 16.5. The van der Waals surface area contributed by atoms with E-state index in [4.69, 9.17) is 9.47 Å². The summed E-state index contributed by atoms with van der Waals surface area (Å²) in [6, 6.07) is 16.3. The number of benzene rings is 2. The predicted octanol–water partition coefficient (Wildman–Crippen LogP) is 3.50. The van der Waals surface area contributed by atoms with Crippen molar-refractivity contribution in [2.45, 2.75) is 32.3 Å². The first kappa shape index (κ1) is 24.7. The Morgan fingerprint density at radius 3 is 2.17 bits per heavy atom. The quantitative estimate of drug-likeness (QED) is 0.599. The summed E-state index contributed by atoms with van der Waals surface area (Å²) in [5, 5.41) is 12.1. The minimum atomic E-state index is -0.969. The van der Waals surface area contributed by atoms with Crippen molar-refractivity contribution >= 4 is 18.0 Å². The fraction of sp³-hybridized carbons (Fsp3) is 0.444. The number of hydrogen-bond acceptors (Lipinski definition) is 5. The summed E-state index contributed by atoms with van der Waals surface area (Å²) in [4.78, 5) is 38.2. The van der Waals surface area contributed by atoms with Gasteiger partial charge >= 0.3 is 12.1 Å². The number of likely N-dealkylation sites (tertiary alicyclic amines) is 1. The first-order valence-electron chi connectivity index (χ1n) is 11.8. The molecule has 1 heterocycles. The monoisotopic (exact) mass is 480 g/mol. The Bertz CT molecular complexity index is 1070. The average Bonchev–Trinajstić information content (AvgIpc) is 3.41. The van der Waals surface area contributed by atoms with Crippen LogP contribution in [0.25, 0.3) is 11.1 Å². The van der Waals surface area contributed by atoms with Gasteiger partial charge in [-0.25, -0.2) is 4.79 Å². The van der Waals surface area contributed by atoms with Gasteiger partial charge in [-0.3, -0.25) is 9.59 Å². The average molecular weight is 481 g/mol. The van der Waals surface area contributed by atoms with Gasteiger partial charge in [0.25, 0.3) is 0 Å². The molecule has 2 atom stereocenters. The molecule has 4 rings (SSSR count). The highest BCUT2D eigenvalue weighted by molar-refractivity contribution is 5.80. The van der Waals surface area contributed by atoms with Crippen molar-refractivity contribution in [1.29, 1.82) is 0 Å². The Morgan fingerprint density at radius 1 is 1.03 bits per heavy atom. The van der Waals surface area contributed by atoms with Crippen molar-refractivity contribution in [3.05, 3.63) is 59.7 Å². The minimum absolute atomic E-state index is 0.0196. The van der Waals surface area contributed by atoms with Gasteiger partial charge in [-0.05, 0) is 27.7 Å². The third-order valence-corrected chi connectivity index (χ3v) is 6.92. The van der Waals surface area contributed by atoms with Crippen LogP contribution in [0.2, 0.25) is 0 Å². The summed E-state index contributed by atoms with van der Waals surface area (Å²) in [5.41, 5.74) is 4.09. The number of ether oxygens (including phenoxy) is 2. The van der Waals surface area contributed by atoms with Crippen molar-refractivity contribution in [2.75, 3.05) is 33.4 Å². The molecule has 2 aromatic carbocycles. The summed E-state index contributed by atoms with van der Waals surface area (Å²) < 4.78 is 10.8. The molecule has 1 aliphatic carbocycles. The van der Waals surface area contributed by atoms with Gasteiger partial charge in [-0.1, -0.05) is 62.4 Å². The SMILES string of the molecule is COC1CN(C(=O)CC(C)(C)CNC(=O)OCC2c3ccccc3-c3ccccc32)CC1C(=O)O. The number of carbonyl (C=O) groups is 3. The van der Waals surface area contributed by atoms with Crippen LogP contribution in [-0.2, 0) is 19.1 Å². The Morgan fingerprint density at radius 2 is 1.63 bits per heavy atom. The van der Waals surface area contributed by atoms with Gasteiger partial charge in [0.15, 0.2) is 0 Å². The summed E-state index contributed by atoms with van der Waals surface area (Å²) >= 11 is 0. The zero-order valence-corrected chi connectivity index (χ0v) is 20.3. The number of methoxy groups -OCH3 is 1. The van der Waals surface area contributed by atoms with Gasteiger partial charge in [-0.15, -0.1) is 0 Å². The number of aliphatic carboxylic acids is 1. The molecule has 0 radical (unpaired) electrons. The Kier molecular flexibility index (Phi) is 7.12. The fourth-order valence-corrected chi connectivity index (χ4v) is 5.00. The smallest absolute Gasteiger partial charge is 0.407 e. The molecule has 1 fully saturated rings. The Hall–Kier alpha value is -3.39. The van der Waals surface area contributed by atoms with E-state index in [0.29, 0.717) is 0 Å². The van der Waals surface area contributed by atoms with Crippen LogP contribution < -0.4 is 5.32 Å². The molecule has 186 valence electrons. The number of rotatable bonds is 8. The molecule has 0 spiro atoms. The lowest BCUT2D eigenvalue weighted by molar-refractivity contribution is -0.144. The molecule has 0 saturated carbocycles. The molecule has 1 aliphatic heterocycles. The summed E-state index contributed by atoms with van der Waals surface area (Å²) in [6.07, 6.45) is -0.878. The van der Waals surface area contributed by atoms with Gasteiger partial charge < -0.3 is 24.8 Å². The number of carbonyl (C=O) groups excluding carboxylic acids is 2. The molecule has 8 heteroatoms. The Labute approximate surface area is 205 Å². The molecule has 0 aromatic heterocycles. The largest absolute Gasteiger partial charge is 0.481 e. The van der Waals surface area contributed by atoms with E-state index in [0.717, 1.165) is 11.1 Å². The molecule has 2 unspecified atom stereocenters. The molecule has 2 aromatic rings. The van der Waals surface area contributed by atoms with Crippen molar-refractivity contribution in [3.63, 3.8) is 0 Å². The zero-order chi connectivity index (χ0) is 25.2. The second-order valence-corrected chi connectivity index (χ2v) is 10.0. The third-order valence-electron chi connectivity index (χ3n) is 6.92. The van der Waals surface area contributed by atoms with Crippen molar-refractivity contribution in [3.8, 4) is 11.1 Å². The van der Waals surface area contributed by atoms with Crippen LogP contribution in [0.15, 0.2) is 48.5 Å². The van der Waals surface area contributed by atoms with E-state index in [1.165, 1.54) is 23.1 Å². The van der Waals surface area contributed by atoms with E-state index in [9.17, 15) is 19.5 Å². The molecule has 2 amide bonds. The van der Waals surface area contributed by atoms with Crippen molar-refractivity contribution in [1.82, 2.24) is 10.2 Å². The molecular weight excluding hydrogens is 448 g/mol. The number of hydrogen-bond donors (Lipinski definition) is 2. The number of amides is 2. The van der Waals surface area contributed by atoms with Crippen molar-refractivity contribution in [2.24, 2.45) is 11.3 Å². The maximum atomic E-state index is 12.8. The van der Waals surface area contributed by atoms with E-state index in [1.807, 2.05) is 38.1 Å². The van der Waals surface area contributed by atoms with Gasteiger partial charge in [-0.2, -0.15) is 0 Å². The second-order valence-electron chi connectivity index (χ2n) is 10.0. The van der Waals surface area contributed by atoms with Gasteiger partial charge in [0, 0.05) is 39.1 Å². The van der Waals surface area contributed by atoms with Gasteiger partial charge in [0.1, 0.15) is 12.5 Å². The number of fused-ring (bicyclic) bond motifs is 3. The van der Waals surface area contributed by atoms with E-state index < -0.39 is 29.5 Å². The molecule has 2 aliphatic rings. The molecular formula is C27H32N2O6. The number of carboxylic acids is 1. The molecule has 2 N–H and O–H groups in total. The van der Waals surface area contributed by atoms with Crippen LogP contribution in [0, 0.1) is 11.3 Å².